The number of amides is 1. The summed E-state index contributed by atoms with van der Waals surface area (Å²) in [6, 6.07) is 7.87. The van der Waals surface area contributed by atoms with Gasteiger partial charge in [0.05, 0.1) is 0 Å². The summed E-state index contributed by atoms with van der Waals surface area (Å²) in [4.78, 5) is 20.1. The number of nitrogens with one attached hydrogen (secondary N) is 1. The van der Waals surface area contributed by atoms with E-state index < -0.39 is 0 Å². The van der Waals surface area contributed by atoms with Gasteiger partial charge in [0, 0.05) is 18.5 Å². The van der Waals surface area contributed by atoms with Crippen molar-refractivity contribution in [3.05, 3.63) is 53.6 Å². The Morgan fingerprint density at radius 2 is 2.00 bits per heavy atom. The van der Waals surface area contributed by atoms with Crippen molar-refractivity contribution in [2.75, 3.05) is 6.54 Å². The van der Waals surface area contributed by atoms with E-state index in [-0.39, 0.29) is 11.6 Å². The van der Waals surface area contributed by atoms with Crippen molar-refractivity contribution < 1.29 is 13.7 Å². The first kappa shape index (κ1) is 15.0. The molecule has 0 spiro atoms. The molecule has 2 heterocycles. The lowest BCUT2D eigenvalue weighted by Crippen LogP contribution is -2.26. The van der Waals surface area contributed by atoms with Crippen molar-refractivity contribution in [2.24, 2.45) is 0 Å². The standard InChI is InChI=1S/C16H16N4O3/c1-10-3-5-12(6-4-10)15-19-13(23-20-15)7-8-17-16(21)14-11(2)22-9-18-14/h3-6,9H,7-8H2,1-2H3,(H,17,21). The molecule has 7 nitrogen and oxygen atoms in total. The van der Waals surface area contributed by atoms with E-state index in [0.29, 0.717) is 30.4 Å². The Balaban J connectivity index is 1.56. The van der Waals surface area contributed by atoms with Crippen LogP contribution < -0.4 is 5.32 Å². The van der Waals surface area contributed by atoms with Gasteiger partial charge in [0.25, 0.3) is 5.91 Å². The fourth-order valence-electron chi connectivity index (χ4n) is 2.07. The molecule has 0 aliphatic rings. The summed E-state index contributed by atoms with van der Waals surface area (Å²) in [6.45, 7) is 4.08. The fraction of sp³-hybridized carbons (Fsp3) is 0.250. The zero-order valence-corrected chi connectivity index (χ0v) is 12.9. The van der Waals surface area contributed by atoms with Gasteiger partial charge in [-0.15, -0.1) is 0 Å². The highest BCUT2D eigenvalue weighted by Gasteiger charge is 2.13. The molecule has 1 amide bonds. The van der Waals surface area contributed by atoms with Gasteiger partial charge in [-0.2, -0.15) is 4.98 Å². The number of aromatic nitrogens is 3. The zero-order valence-electron chi connectivity index (χ0n) is 12.9. The number of rotatable bonds is 5. The molecule has 0 radical (unpaired) electrons. The summed E-state index contributed by atoms with van der Waals surface area (Å²) in [6.07, 6.45) is 1.69. The summed E-state index contributed by atoms with van der Waals surface area (Å²) in [5, 5.41) is 6.69. The van der Waals surface area contributed by atoms with Crippen molar-refractivity contribution in [2.45, 2.75) is 20.3 Å². The van der Waals surface area contributed by atoms with Gasteiger partial charge >= 0.3 is 0 Å². The highest BCUT2D eigenvalue weighted by Crippen LogP contribution is 2.16. The summed E-state index contributed by atoms with van der Waals surface area (Å²) in [5.74, 6) is 1.22. The molecule has 0 saturated carbocycles. The van der Waals surface area contributed by atoms with Gasteiger partial charge in [-0.1, -0.05) is 35.0 Å². The monoisotopic (exact) mass is 312 g/mol. The number of aryl methyl sites for hydroxylation is 2. The van der Waals surface area contributed by atoms with Crippen LogP contribution in [0.2, 0.25) is 0 Å². The third kappa shape index (κ3) is 3.45. The van der Waals surface area contributed by atoms with Crippen molar-refractivity contribution >= 4 is 5.91 Å². The Morgan fingerprint density at radius 3 is 2.70 bits per heavy atom. The quantitative estimate of drug-likeness (QED) is 0.777. The average molecular weight is 312 g/mol. The number of hydrogen-bond donors (Lipinski definition) is 1. The van der Waals surface area contributed by atoms with Crippen LogP contribution in [-0.4, -0.2) is 27.6 Å². The van der Waals surface area contributed by atoms with Gasteiger partial charge in [0.1, 0.15) is 5.76 Å². The predicted octanol–water partition coefficient (Wildman–Crippen LogP) is 2.31. The largest absolute Gasteiger partial charge is 0.448 e. The first-order valence-corrected chi connectivity index (χ1v) is 7.21. The van der Waals surface area contributed by atoms with E-state index in [4.69, 9.17) is 8.94 Å². The van der Waals surface area contributed by atoms with Crippen LogP contribution in [0.3, 0.4) is 0 Å². The van der Waals surface area contributed by atoms with Crippen molar-refractivity contribution in [3.63, 3.8) is 0 Å². The van der Waals surface area contributed by atoms with Gasteiger partial charge in [-0.3, -0.25) is 4.79 Å². The fourth-order valence-corrected chi connectivity index (χ4v) is 2.07. The minimum absolute atomic E-state index is 0.283. The van der Waals surface area contributed by atoms with Gasteiger partial charge < -0.3 is 14.3 Å². The predicted molar refractivity (Wildman–Crippen MR) is 81.7 cm³/mol. The Morgan fingerprint density at radius 1 is 1.22 bits per heavy atom. The summed E-state index contributed by atoms with van der Waals surface area (Å²) < 4.78 is 10.2. The highest BCUT2D eigenvalue weighted by atomic mass is 16.5. The highest BCUT2D eigenvalue weighted by molar-refractivity contribution is 5.92. The zero-order chi connectivity index (χ0) is 16.2. The molecule has 0 aliphatic carbocycles. The minimum atomic E-state index is -0.283. The van der Waals surface area contributed by atoms with Crippen molar-refractivity contribution in [1.29, 1.82) is 0 Å². The molecule has 3 aromatic rings. The smallest absolute Gasteiger partial charge is 0.273 e. The number of nitrogens with zero attached hydrogens (tertiary/aromatic N) is 3. The van der Waals surface area contributed by atoms with Crippen LogP contribution >= 0.6 is 0 Å². The summed E-state index contributed by atoms with van der Waals surface area (Å²) >= 11 is 0. The Hall–Kier alpha value is -2.96. The molecule has 1 N–H and O–H groups in total. The summed E-state index contributed by atoms with van der Waals surface area (Å²) in [5.41, 5.74) is 2.35. The lowest BCUT2D eigenvalue weighted by Gasteiger charge is -2.00. The maximum atomic E-state index is 11.9. The van der Waals surface area contributed by atoms with Crippen LogP contribution in [0.5, 0.6) is 0 Å². The number of carbonyl (C=O) groups is 1. The molecule has 2 aromatic heterocycles. The van der Waals surface area contributed by atoms with E-state index in [1.807, 2.05) is 31.2 Å². The SMILES string of the molecule is Cc1ccc(-c2noc(CCNC(=O)c3ncoc3C)n2)cc1. The molecule has 0 atom stereocenters. The minimum Gasteiger partial charge on any atom is -0.448 e. The van der Waals surface area contributed by atoms with E-state index in [2.05, 4.69) is 20.4 Å². The Bertz CT molecular complexity index is 805. The second-order valence-corrected chi connectivity index (χ2v) is 5.14. The Labute approximate surface area is 132 Å². The molecule has 3 rings (SSSR count). The van der Waals surface area contributed by atoms with E-state index in [0.717, 1.165) is 5.56 Å². The van der Waals surface area contributed by atoms with Crippen LogP contribution in [-0.2, 0) is 6.42 Å². The van der Waals surface area contributed by atoms with E-state index in [9.17, 15) is 4.79 Å². The van der Waals surface area contributed by atoms with Crippen molar-refractivity contribution in [1.82, 2.24) is 20.4 Å². The molecular weight excluding hydrogens is 296 g/mol. The van der Waals surface area contributed by atoms with E-state index in [1.54, 1.807) is 6.92 Å². The number of benzene rings is 1. The van der Waals surface area contributed by atoms with Crippen LogP contribution in [0.15, 0.2) is 39.6 Å². The van der Waals surface area contributed by atoms with Gasteiger partial charge in [-0.05, 0) is 13.8 Å². The lowest BCUT2D eigenvalue weighted by molar-refractivity contribution is 0.0947. The maximum Gasteiger partial charge on any atom is 0.273 e. The molecule has 118 valence electrons. The molecule has 0 aliphatic heterocycles. The van der Waals surface area contributed by atoms with Crippen LogP contribution in [0.4, 0.5) is 0 Å². The molecule has 23 heavy (non-hydrogen) atoms. The lowest BCUT2D eigenvalue weighted by atomic mass is 10.1. The first-order valence-electron chi connectivity index (χ1n) is 7.21. The second-order valence-electron chi connectivity index (χ2n) is 5.14. The molecule has 0 unspecified atom stereocenters. The van der Waals surface area contributed by atoms with Crippen LogP contribution in [0, 0.1) is 13.8 Å². The van der Waals surface area contributed by atoms with Crippen LogP contribution in [0.25, 0.3) is 11.4 Å². The topological polar surface area (TPSA) is 94.1 Å². The van der Waals surface area contributed by atoms with E-state index >= 15 is 0 Å². The Kier molecular flexibility index (Phi) is 4.18. The molecule has 0 saturated heterocycles. The number of hydrogen-bond acceptors (Lipinski definition) is 6. The third-order valence-corrected chi connectivity index (χ3v) is 3.36. The second kappa shape index (κ2) is 6.43. The van der Waals surface area contributed by atoms with Gasteiger partial charge in [0.15, 0.2) is 12.1 Å². The molecule has 7 heteroatoms. The molecule has 1 aromatic carbocycles. The molecular formula is C16H16N4O3. The number of carbonyl (C=O) groups excluding carboxylic acids is 1. The van der Waals surface area contributed by atoms with Gasteiger partial charge in [0.2, 0.25) is 11.7 Å². The molecule has 0 fully saturated rings. The van der Waals surface area contributed by atoms with Crippen LogP contribution in [0.1, 0.15) is 27.7 Å². The first-order chi connectivity index (χ1) is 11.1. The van der Waals surface area contributed by atoms with E-state index in [1.165, 1.54) is 12.0 Å². The number of oxazole rings is 1. The molecule has 0 bridgehead atoms. The summed E-state index contributed by atoms with van der Waals surface area (Å²) in [7, 11) is 0. The van der Waals surface area contributed by atoms with Gasteiger partial charge in [-0.25, -0.2) is 4.98 Å². The van der Waals surface area contributed by atoms with Crippen molar-refractivity contribution in [3.8, 4) is 11.4 Å². The third-order valence-electron chi connectivity index (χ3n) is 3.36. The average Bonchev–Trinajstić information content (AvgIpc) is 3.17. The normalized spacial score (nSPS) is 10.7. The maximum absolute atomic E-state index is 11.9.